The maximum absolute atomic E-state index is 11.4. The Kier molecular flexibility index (Phi) is 5.25. The highest BCUT2D eigenvalue weighted by molar-refractivity contribution is 5.92. The lowest BCUT2D eigenvalue weighted by molar-refractivity contribution is -0.141. The number of rotatable bonds is 6. The first kappa shape index (κ1) is 13.0. The first-order valence-electron chi connectivity index (χ1n) is 5.72. The summed E-state index contributed by atoms with van der Waals surface area (Å²) in [6.07, 6.45) is 1.02. The van der Waals surface area contributed by atoms with Crippen molar-refractivity contribution in [3.8, 4) is 0 Å². The Hall–Kier alpha value is -1.10. The second kappa shape index (κ2) is 6.48. The number of carbonyl (C=O) groups is 2. The second-order valence-corrected chi connectivity index (χ2v) is 4.39. The van der Waals surface area contributed by atoms with Gasteiger partial charge in [0, 0.05) is 13.2 Å². The number of hydrogen-bond donors (Lipinski definition) is 1. The van der Waals surface area contributed by atoms with Crippen molar-refractivity contribution in [1.29, 1.82) is 0 Å². The van der Waals surface area contributed by atoms with Crippen molar-refractivity contribution in [2.45, 2.75) is 20.3 Å². The molecule has 1 aliphatic rings. The molecule has 0 radical (unpaired) electrons. The number of nitrogens with one attached hydrogen (secondary N) is 1. The number of ether oxygens (including phenoxy) is 1. The van der Waals surface area contributed by atoms with Crippen LogP contribution in [-0.4, -0.2) is 49.6 Å². The molecule has 1 fully saturated rings. The molecule has 0 aromatic rings. The summed E-state index contributed by atoms with van der Waals surface area (Å²) in [5.74, 6) is 0.497. The number of amides is 2. The fourth-order valence-electron chi connectivity index (χ4n) is 1.40. The van der Waals surface area contributed by atoms with Crippen LogP contribution in [0.5, 0.6) is 0 Å². The summed E-state index contributed by atoms with van der Waals surface area (Å²) in [7, 11) is 0. The lowest BCUT2D eigenvalue weighted by atomic mass is 10.1. The molecule has 0 spiro atoms. The Morgan fingerprint density at radius 1 is 1.38 bits per heavy atom. The summed E-state index contributed by atoms with van der Waals surface area (Å²) in [5.41, 5.74) is 0. The van der Waals surface area contributed by atoms with Crippen LogP contribution in [0.15, 0.2) is 0 Å². The SMILES string of the molecule is CC(C)CCOCCN1CC(=O)NCC1=O. The molecule has 2 amide bonds. The second-order valence-electron chi connectivity index (χ2n) is 4.39. The zero-order valence-electron chi connectivity index (χ0n) is 9.99. The number of carbonyl (C=O) groups excluding carboxylic acids is 2. The summed E-state index contributed by atoms with van der Waals surface area (Å²) < 4.78 is 5.41. The Labute approximate surface area is 96.1 Å². The van der Waals surface area contributed by atoms with Crippen molar-refractivity contribution in [3.05, 3.63) is 0 Å². The molecule has 0 aromatic heterocycles. The van der Waals surface area contributed by atoms with Gasteiger partial charge in [-0.25, -0.2) is 0 Å². The number of hydrogen-bond acceptors (Lipinski definition) is 3. The van der Waals surface area contributed by atoms with E-state index in [-0.39, 0.29) is 24.9 Å². The lowest BCUT2D eigenvalue weighted by Crippen LogP contribution is -2.52. The highest BCUT2D eigenvalue weighted by Gasteiger charge is 2.22. The largest absolute Gasteiger partial charge is 0.380 e. The van der Waals surface area contributed by atoms with E-state index < -0.39 is 0 Å². The molecule has 0 atom stereocenters. The molecule has 1 saturated heterocycles. The molecule has 0 saturated carbocycles. The molecular formula is C11H20N2O3. The zero-order valence-corrected chi connectivity index (χ0v) is 9.99. The zero-order chi connectivity index (χ0) is 12.0. The van der Waals surface area contributed by atoms with Crippen molar-refractivity contribution in [2.24, 2.45) is 5.92 Å². The highest BCUT2D eigenvalue weighted by Crippen LogP contribution is 2.00. The highest BCUT2D eigenvalue weighted by atomic mass is 16.5. The Morgan fingerprint density at radius 3 is 2.81 bits per heavy atom. The minimum Gasteiger partial charge on any atom is -0.380 e. The number of nitrogens with zero attached hydrogens (tertiary/aromatic N) is 1. The average molecular weight is 228 g/mol. The molecule has 1 aliphatic heterocycles. The summed E-state index contributed by atoms with van der Waals surface area (Å²) in [5, 5.41) is 2.51. The fraction of sp³-hybridized carbons (Fsp3) is 0.818. The van der Waals surface area contributed by atoms with Gasteiger partial charge in [0.1, 0.15) is 0 Å². The molecule has 0 aromatic carbocycles. The van der Waals surface area contributed by atoms with Crippen molar-refractivity contribution in [2.75, 3.05) is 32.8 Å². The van der Waals surface area contributed by atoms with Crippen molar-refractivity contribution >= 4 is 11.8 Å². The molecular weight excluding hydrogens is 208 g/mol. The molecule has 1 heterocycles. The van der Waals surface area contributed by atoms with Crippen LogP contribution < -0.4 is 5.32 Å². The quantitative estimate of drug-likeness (QED) is 0.651. The maximum atomic E-state index is 11.4. The van der Waals surface area contributed by atoms with E-state index in [4.69, 9.17) is 4.74 Å². The van der Waals surface area contributed by atoms with Crippen LogP contribution in [0.25, 0.3) is 0 Å². The summed E-state index contributed by atoms with van der Waals surface area (Å²) in [6.45, 7) is 6.28. The van der Waals surface area contributed by atoms with Gasteiger partial charge in [-0.3, -0.25) is 9.59 Å². The minimum absolute atomic E-state index is 0.0351. The molecule has 0 unspecified atom stereocenters. The smallest absolute Gasteiger partial charge is 0.242 e. The molecule has 1 rings (SSSR count). The number of piperazine rings is 1. The van der Waals surface area contributed by atoms with Crippen LogP contribution in [0, 0.1) is 5.92 Å². The van der Waals surface area contributed by atoms with Gasteiger partial charge in [-0.2, -0.15) is 0 Å². The average Bonchev–Trinajstić information content (AvgIpc) is 2.22. The Morgan fingerprint density at radius 2 is 2.12 bits per heavy atom. The standard InChI is InChI=1S/C11H20N2O3/c1-9(2)3-5-16-6-4-13-8-10(14)12-7-11(13)15/h9H,3-8H2,1-2H3,(H,12,14). The van der Waals surface area contributed by atoms with Gasteiger partial charge in [-0.1, -0.05) is 13.8 Å². The van der Waals surface area contributed by atoms with Crippen LogP contribution in [0.3, 0.4) is 0 Å². The van der Waals surface area contributed by atoms with Crippen LogP contribution in [-0.2, 0) is 14.3 Å². The van der Waals surface area contributed by atoms with Crippen LogP contribution in [0.2, 0.25) is 0 Å². The molecule has 0 bridgehead atoms. The topological polar surface area (TPSA) is 58.6 Å². The normalized spacial score (nSPS) is 16.8. The van der Waals surface area contributed by atoms with Gasteiger partial charge >= 0.3 is 0 Å². The van der Waals surface area contributed by atoms with E-state index in [9.17, 15) is 9.59 Å². The van der Waals surface area contributed by atoms with E-state index in [2.05, 4.69) is 19.2 Å². The molecule has 5 nitrogen and oxygen atoms in total. The van der Waals surface area contributed by atoms with Crippen molar-refractivity contribution in [3.63, 3.8) is 0 Å². The molecule has 16 heavy (non-hydrogen) atoms. The molecule has 1 N–H and O–H groups in total. The van der Waals surface area contributed by atoms with Crippen LogP contribution >= 0.6 is 0 Å². The monoisotopic (exact) mass is 228 g/mol. The van der Waals surface area contributed by atoms with E-state index in [1.165, 1.54) is 4.90 Å². The third-order valence-corrected chi connectivity index (χ3v) is 2.47. The van der Waals surface area contributed by atoms with Gasteiger partial charge in [0.25, 0.3) is 0 Å². The Balaban J connectivity index is 2.11. The molecule has 5 heteroatoms. The van der Waals surface area contributed by atoms with Crippen molar-refractivity contribution in [1.82, 2.24) is 10.2 Å². The van der Waals surface area contributed by atoms with Gasteiger partial charge in [0.2, 0.25) is 11.8 Å². The van der Waals surface area contributed by atoms with E-state index >= 15 is 0 Å². The third kappa shape index (κ3) is 4.61. The first-order chi connectivity index (χ1) is 7.59. The summed E-state index contributed by atoms with van der Waals surface area (Å²) in [6, 6.07) is 0. The van der Waals surface area contributed by atoms with Crippen molar-refractivity contribution < 1.29 is 14.3 Å². The summed E-state index contributed by atoms with van der Waals surface area (Å²) >= 11 is 0. The van der Waals surface area contributed by atoms with Gasteiger partial charge in [-0.05, 0) is 12.3 Å². The minimum atomic E-state index is -0.0956. The van der Waals surface area contributed by atoms with Gasteiger partial charge in [0.05, 0.1) is 19.7 Å². The first-order valence-corrected chi connectivity index (χ1v) is 5.72. The predicted molar refractivity (Wildman–Crippen MR) is 59.9 cm³/mol. The maximum Gasteiger partial charge on any atom is 0.242 e. The van der Waals surface area contributed by atoms with Gasteiger partial charge < -0.3 is 15.0 Å². The van der Waals surface area contributed by atoms with Gasteiger partial charge in [0.15, 0.2) is 0 Å². The lowest BCUT2D eigenvalue weighted by Gasteiger charge is -2.26. The van der Waals surface area contributed by atoms with Crippen LogP contribution in [0.4, 0.5) is 0 Å². The molecule has 92 valence electrons. The Bertz CT molecular complexity index is 254. The van der Waals surface area contributed by atoms with Gasteiger partial charge in [-0.15, -0.1) is 0 Å². The fourth-order valence-corrected chi connectivity index (χ4v) is 1.40. The predicted octanol–water partition coefficient (Wildman–Crippen LogP) is 0.00750. The third-order valence-electron chi connectivity index (χ3n) is 2.47. The van der Waals surface area contributed by atoms with E-state index in [1.807, 2.05) is 0 Å². The summed E-state index contributed by atoms with van der Waals surface area (Å²) in [4.78, 5) is 24.0. The van der Waals surface area contributed by atoms with E-state index in [0.717, 1.165) is 6.42 Å². The van der Waals surface area contributed by atoms with E-state index in [0.29, 0.717) is 25.7 Å². The van der Waals surface area contributed by atoms with E-state index in [1.54, 1.807) is 0 Å². The molecule has 0 aliphatic carbocycles. The van der Waals surface area contributed by atoms with Crippen LogP contribution in [0.1, 0.15) is 20.3 Å².